The monoisotopic (exact) mass is 380 g/mol. The lowest BCUT2D eigenvalue weighted by Gasteiger charge is -2.35. The average Bonchev–Trinajstić information content (AvgIpc) is 2.60. The lowest BCUT2D eigenvalue weighted by atomic mass is 9.99. The van der Waals surface area contributed by atoms with Gasteiger partial charge in [0.25, 0.3) is 0 Å². The van der Waals surface area contributed by atoms with Crippen LogP contribution >= 0.6 is 0 Å². The minimum absolute atomic E-state index is 0.0950. The van der Waals surface area contributed by atoms with E-state index in [2.05, 4.69) is 71.1 Å². The molecule has 0 N–H and O–H groups in total. The molecule has 2 nitrogen and oxygen atoms in total. The van der Waals surface area contributed by atoms with E-state index in [1.807, 2.05) is 24.3 Å². The van der Waals surface area contributed by atoms with E-state index in [1.165, 1.54) is 11.1 Å². The Morgan fingerprint density at radius 1 is 0.889 bits per heavy atom. The third-order valence-electron chi connectivity index (χ3n) is 5.60. The van der Waals surface area contributed by atoms with Crippen molar-refractivity contribution in [1.82, 2.24) is 0 Å². The fourth-order valence-corrected chi connectivity index (χ4v) is 3.47. The van der Waals surface area contributed by atoms with Crippen LogP contribution in [0.15, 0.2) is 54.6 Å². The molecule has 0 heterocycles. The van der Waals surface area contributed by atoms with Crippen LogP contribution in [0.2, 0.25) is 18.1 Å². The van der Waals surface area contributed by atoms with Crippen molar-refractivity contribution in [1.29, 1.82) is 0 Å². The summed E-state index contributed by atoms with van der Waals surface area (Å²) in [5.74, 6) is 0.0950. The molecule has 27 heavy (non-hydrogen) atoms. The number of carbonyl (C=O) groups is 1. The Morgan fingerprint density at radius 2 is 1.33 bits per heavy atom. The highest BCUT2D eigenvalue weighted by molar-refractivity contribution is 6.74. The van der Waals surface area contributed by atoms with Crippen molar-refractivity contribution in [3.63, 3.8) is 0 Å². The molecular weight excluding hydrogens is 348 g/mol. The summed E-state index contributed by atoms with van der Waals surface area (Å²) in [6, 6.07) is 16.3. The lowest BCUT2D eigenvalue weighted by molar-refractivity contribution is 0.101. The van der Waals surface area contributed by atoms with Gasteiger partial charge in [0.2, 0.25) is 0 Å². The first kappa shape index (κ1) is 21.3. The van der Waals surface area contributed by atoms with Crippen LogP contribution in [0.1, 0.15) is 50.5 Å². The third-order valence-corrected chi connectivity index (χ3v) is 10.1. The van der Waals surface area contributed by atoms with Crippen molar-refractivity contribution >= 4 is 19.7 Å². The fourth-order valence-electron chi connectivity index (χ4n) is 2.53. The molecule has 0 spiro atoms. The van der Waals surface area contributed by atoms with Gasteiger partial charge in [-0.3, -0.25) is 4.79 Å². The summed E-state index contributed by atoms with van der Waals surface area (Å²) >= 11 is 0. The van der Waals surface area contributed by atoms with Gasteiger partial charge >= 0.3 is 0 Å². The molecule has 3 heteroatoms. The van der Waals surface area contributed by atoms with Crippen LogP contribution in [0.4, 0.5) is 0 Å². The zero-order valence-electron chi connectivity index (χ0n) is 17.7. The number of benzene rings is 2. The van der Waals surface area contributed by atoms with Gasteiger partial charge in [0.15, 0.2) is 14.1 Å². The smallest absolute Gasteiger partial charge is 0.192 e. The summed E-state index contributed by atoms with van der Waals surface area (Å²) in [6.07, 6.45) is 2.18. The molecule has 0 saturated carbocycles. The van der Waals surface area contributed by atoms with Crippen molar-refractivity contribution in [3.8, 4) is 11.1 Å². The summed E-state index contributed by atoms with van der Waals surface area (Å²) in [4.78, 5) is 11.4. The molecule has 0 amide bonds. The topological polar surface area (TPSA) is 26.3 Å². The molecule has 2 aromatic carbocycles. The Morgan fingerprint density at radius 3 is 1.74 bits per heavy atom. The highest BCUT2D eigenvalue weighted by Gasteiger charge is 2.36. The van der Waals surface area contributed by atoms with Gasteiger partial charge in [0, 0.05) is 5.56 Å². The largest absolute Gasteiger partial charge is 0.413 e. The van der Waals surface area contributed by atoms with Crippen LogP contribution < -0.4 is 0 Å². The fraction of sp³-hybridized carbons (Fsp3) is 0.375. The Kier molecular flexibility index (Phi) is 6.61. The number of hydrogen-bond donors (Lipinski definition) is 0. The summed E-state index contributed by atoms with van der Waals surface area (Å²) in [5.41, 5.74) is 5.45. The molecule has 0 atom stereocenters. The number of rotatable bonds is 6. The van der Waals surface area contributed by atoms with Crippen LogP contribution in [0, 0.1) is 0 Å². The van der Waals surface area contributed by atoms with E-state index >= 15 is 0 Å². The van der Waals surface area contributed by atoms with Crippen LogP contribution in [0.3, 0.4) is 0 Å². The molecule has 0 aliphatic carbocycles. The quantitative estimate of drug-likeness (QED) is 0.399. The number of Topliss-reactive ketones (excluding diaryl/α,β-unsaturated/α-hetero) is 1. The molecule has 0 aromatic heterocycles. The minimum atomic E-state index is -1.71. The van der Waals surface area contributed by atoms with E-state index in [-0.39, 0.29) is 10.8 Å². The van der Waals surface area contributed by atoms with Gasteiger partial charge in [0.05, 0.1) is 6.61 Å². The minimum Gasteiger partial charge on any atom is -0.413 e. The van der Waals surface area contributed by atoms with Gasteiger partial charge in [-0.2, -0.15) is 0 Å². The standard InChI is InChI=1S/C24H32O2Si/c1-18(16-17-26-27(6,7)24(3,4)5)20-8-12-22(13-9-20)23-14-10-21(11-15-23)19(2)25/h8-16H,17H2,1-7H3/b18-16+. The van der Waals surface area contributed by atoms with Gasteiger partial charge in [-0.15, -0.1) is 0 Å². The maximum Gasteiger partial charge on any atom is 0.192 e. The summed E-state index contributed by atoms with van der Waals surface area (Å²) in [5, 5.41) is 0.230. The molecule has 0 aliphatic heterocycles. The van der Waals surface area contributed by atoms with Crippen molar-refractivity contribution < 1.29 is 9.22 Å². The van der Waals surface area contributed by atoms with Crippen LogP contribution in [0.25, 0.3) is 16.7 Å². The predicted molar refractivity (Wildman–Crippen MR) is 119 cm³/mol. The molecule has 2 aromatic rings. The van der Waals surface area contributed by atoms with E-state index < -0.39 is 8.32 Å². The Bertz CT molecular complexity index is 807. The van der Waals surface area contributed by atoms with Crippen LogP contribution in [-0.4, -0.2) is 20.7 Å². The number of carbonyl (C=O) groups excluding carboxylic acids is 1. The maximum atomic E-state index is 11.4. The maximum absolute atomic E-state index is 11.4. The normalized spacial score (nSPS) is 12.9. The van der Waals surface area contributed by atoms with Gasteiger partial charge in [-0.25, -0.2) is 0 Å². The SMILES string of the molecule is CC(=O)c1ccc(-c2ccc(/C(C)=C/CO[Si](C)(C)C(C)(C)C)cc2)cc1. The van der Waals surface area contributed by atoms with Gasteiger partial charge < -0.3 is 4.43 Å². The molecule has 2 rings (SSSR count). The van der Waals surface area contributed by atoms with Crippen LogP contribution in [-0.2, 0) is 4.43 Å². The zero-order valence-corrected chi connectivity index (χ0v) is 18.7. The first-order valence-corrected chi connectivity index (χ1v) is 12.4. The van der Waals surface area contributed by atoms with Crippen molar-refractivity contribution in [2.75, 3.05) is 6.61 Å². The molecular formula is C24H32O2Si. The number of allylic oxidation sites excluding steroid dienone is 1. The average molecular weight is 381 g/mol. The summed E-state index contributed by atoms with van der Waals surface area (Å²) in [6.45, 7) is 15.7. The Labute approximate surface area is 165 Å². The molecule has 0 bridgehead atoms. The molecule has 0 aliphatic rings. The highest BCUT2D eigenvalue weighted by atomic mass is 28.4. The molecule has 0 saturated heterocycles. The van der Waals surface area contributed by atoms with E-state index in [9.17, 15) is 4.79 Å². The van der Waals surface area contributed by atoms with E-state index in [0.29, 0.717) is 6.61 Å². The second-order valence-electron chi connectivity index (χ2n) is 8.67. The molecule has 0 radical (unpaired) electrons. The van der Waals surface area contributed by atoms with E-state index in [1.54, 1.807) is 6.92 Å². The van der Waals surface area contributed by atoms with Crippen molar-refractivity contribution in [2.24, 2.45) is 0 Å². The second kappa shape index (κ2) is 8.36. The van der Waals surface area contributed by atoms with E-state index in [0.717, 1.165) is 16.7 Å². The molecule has 0 fully saturated rings. The van der Waals surface area contributed by atoms with Crippen molar-refractivity contribution in [2.45, 2.75) is 52.8 Å². The van der Waals surface area contributed by atoms with Crippen LogP contribution in [0.5, 0.6) is 0 Å². The molecule has 144 valence electrons. The van der Waals surface area contributed by atoms with Gasteiger partial charge in [-0.1, -0.05) is 75.4 Å². The number of hydrogen-bond acceptors (Lipinski definition) is 2. The first-order valence-electron chi connectivity index (χ1n) is 9.54. The number of ketones is 1. The zero-order chi connectivity index (χ0) is 20.2. The Balaban J connectivity index is 2.06. The second-order valence-corrected chi connectivity index (χ2v) is 13.5. The van der Waals surface area contributed by atoms with Gasteiger partial charge in [-0.05, 0) is 54.2 Å². The first-order chi connectivity index (χ1) is 12.5. The lowest BCUT2D eigenvalue weighted by Crippen LogP contribution is -2.40. The van der Waals surface area contributed by atoms with E-state index in [4.69, 9.17) is 4.43 Å². The summed E-state index contributed by atoms with van der Waals surface area (Å²) < 4.78 is 6.24. The van der Waals surface area contributed by atoms with Gasteiger partial charge in [0.1, 0.15) is 0 Å². The predicted octanol–water partition coefficient (Wildman–Crippen LogP) is 6.98. The third kappa shape index (κ3) is 5.50. The van der Waals surface area contributed by atoms with Crippen molar-refractivity contribution in [3.05, 3.63) is 65.7 Å². The Hall–Kier alpha value is -1.97. The summed E-state index contributed by atoms with van der Waals surface area (Å²) in [7, 11) is -1.71. The highest BCUT2D eigenvalue weighted by Crippen LogP contribution is 2.36. The molecule has 0 unspecified atom stereocenters.